The number of hydroxylamine groups is 1. The van der Waals surface area contributed by atoms with Crippen molar-refractivity contribution >= 4 is 40.6 Å². The highest BCUT2D eigenvalue weighted by Crippen LogP contribution is 2.20. The highest BCUT2D eigenvalue weighted by atomic mass is 16.5. The number of hydrogen-bond acceptors (Lipinski definition) is 5. The summed E-state index contributed by atoms with van der Waals surface area (Å²) in [5.41, 5.74) is 5.37. The van der Waals surface area contributed by atoms with Gasteiger partial charge >= 0.3 is 6.09 Å². The van der Waals surface area contributed by atoms with Gasteiger partial charge in [-0.05, 0) is 41.0 Å². The first-order valence-corrected chi connectivity index (χ1v) is 11.6. The fourth-order valence-electron chi connectivity index (χ4n) is 3.75. The molecule has 0 radical (unpaired) electrons. The maximum absolute atomic E-state index is 13.2. The van der Waals surface area contributed by atoms with Crippen molar-refractivity contribution in [3.63, 3.8) is 0 Å². The van der Waals surface area contributed by atoms with Gasteiger partial charge in [0.2, 0.25) is 5.91 Å². The number of fused-ring (bicyclic) bond motifs is 1. The zero-order valence-electron chi connectivity index (χ0n) is 19.8. The highest BCUT2D eigenvalue weighted by molar-refractivity contribution is 5.97. The first-order chi connectivity index (χ1) is 18.0. The van der Waals surface area contributed by atoms with Crippen molar-refractivity contribution in [1.82, 2.24) is 15.8 Å². The number of carbonyl (C=O) groups is 3. The van der Waals surface area contributed by atoms with E-state index in [0.29, 0.717) is 11.3 Å². The van der Waals surface area contributed by atoms with Crippen molar-refractivity contribution < 1.29 is 24.3 Å². The van der Waals surface area contributed by atoms with Crippen LogP contribution in [0, 0.1) is 0 Å². The SMILES string of the molecule is O=C(/C=C/c1ccc(NC(=O)[C@@H](Cc2c[nH]c3ccccc23)NC(=O)OCc2ccccc2)cc1)NO. The summed E-state index contributed by atoms with van der Waals surface area (Å²) in [4.78, 5) is 40.2. The fraction of sp³-hybridized carbons (Fsp3) is 0.107. The topological polar surface area (TPSA) is 133 Å². The van der Waals surface area contributed by atoms with Gasteiger partial charge in [-0.3, -0.25) is 14.8 Å². The lowest BCUT2D eigenvalue weighted by Gasteiger charge is -2.18. The standard InChI is InChI=1S/C28H26N4O5/c33-26(32-36)15-12-19-10-13-22(14-11-19)30-27(34)25(16-21-17-29-24-9-5-4-8-23(21)24)31-28(35)37-18-20-6-2-1-3-7-20/h1-15,17,25,29,36H,16,18H2,(H,30,34)(H,31,35)(H,32,33)/b15-12+/t25-/m1/s1. The van der Waals surface area contributed by atoms with Crippen LogP contribution in [0.1, 0.15) is 16.7 Å². The number of alkyl carbamates (subject to hydrolysis) is 1. The van der Waals surface area contributed by atoms with Crippen LogP contribution in [0.3, 0.4) is 0 Å². The smallest absolute Gasteiger partial charge is 0.408 e. The maximum Gasteiger partial charge on any atom is 0.408 e. The van der Waals surface area contributed by atoms with Crippen LogP contribution in [0.15, 0.2) is 91.1 Å². The van der Waals surface area contributed by atoms with Gasteiger partial charge in [-0.25, -0.2) is 10.3 Å². The molecule has 4 aromatic rings. The van der Waals surface area contributed by atoms with E-state index in [0.717, 1.165) is 22.0 Å². The molecule has 37 heavy (non-hydrogen) atoms. The molecule has 0 aliphatic carbocycles. The van der Waals surface area contributed by atoms with Crippen LogP contribution in [0.25, 0.3) is 17.0 Å². The van der Waals surface area contributed by atoms with E-state index in [9.17, 15) is 14.4 Å². The minimum Gasteiger partial charge on any atom is -0.445 e. The zero-order valence-corrected chi connectivity index (χ0v) is 19.8. The first kappa shape index (κ1) is 25.2. The first-order valence-electron chi connectivity index (χ1n) is 11.6. The average molecular weight is 499 g/mol. The van der Waals surface area contributed by atoms with Crippen LogP contribution in [0.5, 0.6) is 0 Å². The summed E-state index contributed by atoms with van der Waals surface area (Å²) in [5.74, 6) is -1.06. The molecule has 0 spiro atoms. The number of para-hydroxylation sites is 1. The third kappa shape index (κ3) is 7.06. The van der Waals surface area contributed by atoms with Gasteiger partial charge < -0.3 is 20.4 Å². The van der Waals surface area contributed by atoms with Crippen molar-refractivity contribution in [3.8, 4) is 0 Å². The Hall–Kier alpha value is -4.89. The molecule has 0 bridgehead atoms. The van der Waals surface area contributed by atoms with E-state index in [2.05, 4.69) is 15.6 Å². The number of amides is 3. The van der Waals surface area contributed by atoms with Gasteiger partial charge in [0, 0.05) is 35.3 Å². The molecule has 5 N–H and O–H groups in total. The molecule has 0 fully saturated rings. The largest absolute Gasteiger partial charge is 0.445 e. The number of ether oxygens (including phenoxy) is 1. The Balaban J connectivity index is 1.46. The molecule has 9 nitrogen and oxygen atoms in total. The molecule has 0 aliphatic rings. The van der Waals surface area contributed by atoms with E-state index in [1.54, 1.807) is 24.3 Å². The minimum atomic E-state index is -0.907. The summed E-state index contributed by atoms with van der Waals surface area (Å²) < 4.78 is 5.34. The molecule has 1 heterocycles. The predicted molar refractivity (Wildman–Crippen MR) is 140 cm³/mol. The van der Waals surface area contributed by atoms with Gasteiger partial charge in [0.1, 0.15) is 12.6 Å². The monoisotopic (exact) mass is 498 g/mol. The molecule has 0 aliphatic heterocycles. The number of anilines is 1. The lowest BCUT2D eigenvalue weighted by atomic mass is 10.0. The maximum atomic E-state index is 13.2. The van der Waals surface area contributed by atoms with E-state index in [4.69, 9.17) is 9.94 Å². The molecule has 3 amide bonds. The van der Waals surface area contributed by atoms with E-state index in [1.165, 1.54) is 17.6 Å². The number of carbonyl (C=O) groups excluding carboxylic acids is 3. The molecule has 9 heteroatoms. The Morgan fingerprint density at radius 3 is 2.43 bits per heavy atom. The van der Waals surface area contributed by atoms with Crippen LogP contribution >= 0.6 is 0 Å². The third-order valence-electron chi connectivity index (χ3n) is 5.64. The number of hydrogen-bond donors (Lipinski definition) is 5. The predicted octanol–water partition coefficient (Wildman–Crippen LogP) is 4.16. The Morgan fingerprint density at radius 2 is 1.68 bits per heavy atom. The average Bonchev–Trinajstić information content (AvgIpc) is 3.34. The summed E-state index contributed by atoms with van der Waals surface area (Å²) in [5, 5.41) is 15.1. The van der Waals surface area contributed by atoms with Crippen molar-refractivity contribution in [3.05, 3.63) is 108 Å². The molecule has 3 aromatic carbocycles. The van der Waals surface area contributed by atoms with Crippen LogP contribution in [0.2, 0.25) is 0 Å². The van der Waals surface area contributed by atoms with Crippen LogP contribution in [-0.4, -0.2) is 34.1 Å². The Bertz CT molecular complexity index is 1400. The number of benzene rings is 3. The summed E-state index contributed by atoms with van der Waals surface area (Å²) in [6.07, 6.45) is 4.06. The van der Waals surface area contributed by atoms with Gasteiger partial charge in [-0.1, -0.05) is 60.7 Å². The molecular formula is C28H26N4O5. The Labute approximate surface area is 213 Å². The Morgan fingerprint density at radius 1 is 0.946 bits per heavy atom. The van der Waals surface area contributed by atoms with Crippen LogP contribution in [0.4, 0.5) is 10.5 Å². The molecule has 0 saturated heterocycles. The lowest BCUT2D eigenvalue weighted by Crippen LogP contribution is -2.45. The lowest BCUT2D eigenvalue weighted by molar-refractivity contribution is -0.124. The van der Waals surface area contributed by atoms with Crippen LogP contribution < -0.4 is 16.1 Å². The van der Waals surface area contributed by atoms with Crippen molar-refractivity contribution in [2.24, 2.45) is 0 Å². The minimum absolute atomic E-state index is 0.0807. The summed E-state index contributed by atoms with van der Waals surface area (Å²) in [7, 11) is 0. The molecule has 4 rings (SSSR count). The van der Waals surface area contributed by atoms with Crippen LogP contribution in [-0.2, 0) is 27.4 Å². The van der Waals surface area contributed by atoms with Gasteiger partial charge in [0.05, 0.1) is 0 Å². The second kappa shape index (κ2) is 12.2. The van der Waals surface area contributed by atoms with Gasteiger partial charge in [-0.15, -0.1) is 0 Å². The Kier molecular flexibility index (Phi) is 8.30. The summed E-state index contributed by atoms with van der Waals surface area (Å²) in [6.45, 7) is 0.0807. The van der Waals surface area contributed by atoms with Crippen molar-refractivity contribution in [1.29, 1.82) is 0 Å². The quantitative estimate of drug-likeness (QED) is 0.134. The highest BCUT2D eigenvalue weighted by Gasteiger charge is 2.23. The van der Waals surface area contributed by atoms with E-state index >= 15 is 0 Å². The number of rotatable bonds is 9. The van der Waals surface area contributed by atoms with Gasteiger partial charge in [0.25, 0.3) is 5.91 Å². The fourth-order valence-corrected chi connectivity index (χ4v) is 3.75. The molecule has 188 valence electrons. The molecular weight excluding hydrogens is 472 g/mol. The molecule has 0 unspecified atom stereocenters. The molecule has 0 saturated carbocycles. The van der Waals surface area contributed by atoms with Gasteiger partial charge in [0.15, 0.2) is 0 Å². The number of aromatic nitrogens is 1. The third-order valence-corrected chi connectivity index (χ3v) is 5.64. The van der Waals surface area contributed by atoms with E-state index in [1.807, 2.05) is 60.8 Å². The number of H-pyrrole nitrogens is 1. The van der Waals surface area contributed by atoms with E-state index in [-0.39, 0.29) is 13.0 Å². The molecule has 1 atom stereocenters. The second-order valence-electron chi connectivity index (χ2n) is 8.24. The second-order valence-corrected chi connectivity index (χ2v) is 8.24. The number of nitrogens with one attached hydrogen (secondary N) is 4. The van der Waals surface area contributed by atoms with Crippen molar-refractivity contribution in [2.45, 2.75) is 19.1 Å². The molecule has 1 aromatic heterocycles. The number of aromatic amines is 1. The summed E-state index contributed by atoms with van der Waals surface area (Å²) in [6, 6.07) is 22.8. The van der Waals surface area contributed by atoms with E-state index < -0.39 is 23.9 Å². The van der Waals surface area contributed by atoms with Gasteiger partial charge in [-0.2, -0.15) is 0 Å². The zero-order chi connectivity index (χ0) is 26.0. The normalized spacial score (nSPS) is 11.7. The van der Waals surface area contributed by atoms with Crippen molar-refractivity contribution in [2.75, 3.05) is 5.32 Å². The summed E-state index contributed by atoms with van der Waals surface area (Å²) >= 11 is 0.